The number of carbonyl (C=O) groups excluding carboxylic acids is 1. The summed E-state index contributed by atoms with van der Waals surface area (Å²) in [6.45, 7) is 5.41. The van der Waals surface area contributed by atoms with Gasteiger partial charge < -0.3 is 10.1 Å². The number of amides is 1. The molecule has 1 aromatic rings. The van der Waals surface area contributed by atoms with Crippen LogP contribution in [-0.2, 0) is 4.74 Å². The molecule has 0 bridgehead atoms. The van der Waals surface area contributed by atoms with Crippen LogP contribution in [0.5, 0.6) is 0 Å². The average Bonchev–Trinajstić information content (AvgIpc) is 2.79. The van der Waals surface area contributed by atoms with E-state index in [2.05, 4.69) is 20.5 Å². The van der Waals surface area contributed by atoms with Crippen LogP contribution in [0.1, 0.15) is 49.1 Å². The minimum Gasteiger partial charge on any atom is -0.381 e. The fraction of sp³-hybridized carbons (Fsp3) is 0.727. The second-order valence-electron chi connectivity index (χ2n) is 4.56. The van der Waals surface area contributed by atoms with Crippen molar-refractivity contribution < 1.29 is 9.53 Å². The number of rotatable bonds is 3. The number of carbonyl (C=O) groups is 1. The van der Waals surface area contributed by atoms with E-state index in [9.17, 15) is 4.79 Å². The molecule has 0 spiro atoms. The lowest BCUT2D eigenvalue weighted by atomic mass is 10.1. The molecule has 0 unspecified atom stereocenters. The molecule has 1 amide bonds. The van der Waals surface area contributed by atoms with Crippen molar-refractivity contribution >= 4 is 5.91 Å². The fourth-order valence-corrected chi connectivity index (χ4v) is 1.73. The van der Waals surface area contributed by atoms with E-state index in [1.54, 1.807) is 0 Å². The zero-order chi connectivity index (χ0) is 12.3. The highest BCUT2D eigenvalue weighted by Gasteiger charge is 2.20. The van der Waals surface area contributed by atoms with Crippen molar-refractivity contribution in [2.24, 2.45) is 0 Å². The van der Waals surface area contributed by atoms with Crippen LogP contribution >= 0.6 is 0 Å². The maximum atomic E-state index is 11.9. The Bertz CT molecular complexity index is 383. The van der Waals surface area contributed by atoms with Crippen molar-refractivity contribution in [3.8, 4) is 0 Å². The van der Waals surface area contributed by atoms with Crippen LogP contribution in [0.25, 0.3) is 0 Å². The fourth-order valence-electron chi connectivity index (χ4n) is 1.73. The summed E-state index contributed by atoms with van der Waals surface area (Å²) in [7, 11) is 0. The van der Waals surface area contributed by atoms with Crippen LogP contribution in [0.3, 0.4) is 0 Å². The lowest BCUT2D eigenvalue weighted by Crippen LogP contribution is -2.39. The van der Waals surface area contributed by atoms with E-state index in [0.717, 1.165) is 18.7 Å². The molecule has 1 aromatic heterocycles. The summed E-state index contributed by atoms with van der Waals surface area (Å²) >= 11 is 0. The van der Waals surface area contributed by atoms with Gasteiger partial charge in [-0.3, -0.25) is 9.89 Å². The van der Waals surface area contributed by atoms with Crippen LogP contribution in [0.4, 0.5) is 0 Å². The first-order chi connectivity index (χ1) is 8.16. The van der Waals surface area contributed by atoms with E-state index >= 15 is 0 Å². The number of ether oxygens (including phenoxy) is 1. The predicted molar refractivity (Wildman–Crippen MR) is 61.8 cm³/mol. The first kappa shape index (κ1) is 12.0. The van der Waals surface area contributed by atoms with Gasteiger partial charge in [0.2, 0.25) is 5.82 Å². The quantitative estimate of drug-likeness (QED) is 0.817. The summed E-state index contributed by atoms with van der Waals surface area (Å²) in [4.78, 5) is 16.0. The Morgan fingerprint density at radius 2 is 2.18 bits per heavy atom. The molecular formula is C11H18N4O2. The molecule has 2 heterocycles. The Kier molecular flexibility index (Phi) is 3.73. The van der Waals surface area contributed by atoms with E-state index < -0.39 is 0 Å². The lowest BCUT2D eigenvalue weighted by Gasteiger charge is -2.22. The van der Waals surface area contributed by atoms with Gasteiger partial charge in [0.25, 0.3) is 5.91 Å². The Labute approximate surface area is 100 Å². The SMILES string of the molecule is CC(C)c1nc(C(=O)NC2CCOCC2)n[nH]1. The Balaban J connectivity index is 1.94. The number of H-pyrrole nitrogens is 1. The van der Waals surface area contributed by atoms with E-state index in [-0.39, 0.29) is 23.7 Å². The zero-order valence-corrected chi connectivity index (χ0v) is 10.2. The number of nitrogens with zero attached hydrogens (tertiary/aromatic N) is 2. The molecule has 17 heavy (non-hydrogen) atoms. The molecule has 1 aliphatic rings. The molecule has 0 aromatic carbocycles. The van der Waals surface area contributed by atoms with Crippen molar-refractivity contribution in [3.05, 3.63) is 11.6 Å². The van der Waals surface area contributed by atoms with Crippen molar-refractivity contribution in [1.82, 2.24) is 20.5 Å². The largest absolute Gasteiger partial charge is 0.381 e. The second kappa shape index (κ2) is 5.27. The standard InChI is InChI=1S/C11H18N4O2/c1-7(2)9-13-10(15-14-9)11(16)12-8-3-5-17-6-4-8/h7-8H,3-6H2,1-2H3,(H,12,16)(H,13,14,15). The topological polar surface area (TPSA) is 79.9 Å². The van der Waals surface area contributed by atoms with Crippen LogP contribution in [0.15, 0.2) is 0 Å². The molecular weight excluding hydrogens is 220 g/mol. The van der Waals surface area contributed by atoms with Gasteiger partial charge in [0, 0.05) is 25.2 Å². The minimum absolute atomic E-state index is 0.178. The predicted octanol–water partition coefficient (Wildman–Crippen LogP) is 0.837. The Morgan fingerprint density at radius 3 is 2.76 bits per heavy atom. The van der Waals surface area contributed by atoms with Crippen molar-refractivity contribution in [3.63, 3.8) is 0 Å². The third-order valence-corrected chi connectivity index (χ3v) is 2.81. The molecule has 2 N–H and O–H groups in total. The third kappa shape index (κ3) is 3.03. The highest BCUT2D eigenvalue weighted by atomic mass is 16.5. The third-order valence-electron chi connectivity index (χ3n) is 2.81. The molecule has 1 fully saturated rings. The monoisotopic (exact) mass is 238 g/mol. The van der Waals surface area contributed by atoms with Gasteiger partial charge in [-0.05, 0) is 12.8 Å². The summed E-state index contributed by atoms with van der Waals surface area (Å²) in [5.41, 5.74) is 0. The van der Waals surface area contributed by atoms with Gasteiger partial charge in [0.1, 0.15) is 5.82 Å². The van der Waals surface area contributed by atoms with Crippen molar-refractivity contribution in [2.75, 3.05) is 13.2 Å². The summed E-state index contributed by atoms with van der Waals surface area (Å²) in [5, 5.41) is 9.62. The zero-order valence-electron chi connectivity index (χ0n) is 10.2. The van der Waals surface area contributed by atoms with Gasteiger partial charge in [-0.15, -0.1) is 5.10 Å². The molecule has 0 radical (unpaired) electrons. The Morgan fingerprint density at radius 1 is 1.47 bits per heavy atom. The number of hydrogen-bond donors (Lipinski definition) is 2. The van der Waals surface area contributed by atoms with E-state index in [1.807, 2.05) is 13.8 Å². The van der Waals surface area contributed by atoms with Gasteiger partial charge in [-0.2, -0.15) is 0 Å². The van der Waals surface area contributed by atoms with E-state index in [1.165, 1.54) is 0 Å². The smallest absolute Gasteiger partial charge is 0.291 e. The number of aromatic nitrogens is 3. The van der Waals surface area contributed by atoms with Crippen LogP contribution in [-0.4, -0.2) is 40.3 Å². The number of aromatic amines is 1. The molecule has 6 nitrogen and oxygen atoms in total. The summed E-state index contributed by atoms with van der Waals surface area (Å²) in [6, 6.07) is 0.178. The number of hydrogen-bond acceptors (Lipinski definition) is 4. The van der Waals surface area contributed by atoms with Crippen LogP contribution in [0.2, 0.25) is 0 Å². The molecule has 1 aliphatic heterocycles. The maximum absolute atomic E-state index is 11.9. The second-order valence-corrected chi connectivity index (χ2v) is 4.56. The van der Waals surface area contributed by atoms with Gasteiger partial charge >= 0.3 is 0 Å². The first-order valence-corrected chi connectivity index (χ1v) is 5.97. The minimum atomic E-state index is -0.208. The molecule has 0 saturated carbocycles. The van der Waals surface area contributed by atoms with Crippen molar-refractivity contribution in [1.29, 1.82) is 0 Å². The highest BCUT2D eigenvalue weighted by molar-refractivity contribution is 5.90. The molecule has 2 rings (SSSR count). The molecule has 0 aliphatic carbocycles. The average molecular weight is 238 g/mol. The molecule has 6 heteroatoms. The highest BCUT2D eigenvalue weighted by Crippen LogP contribution is 2.09. The normalized spacial score (nSPS) is 17.4. The first-order valence-electron chi connectivity index (χ1n) is 5.97. The van der Waals surface area contributed by atoms with Crippen LogP contribution in [0, 0.1) is 0 Å². The summed E-state index contributed by atoms with van der Waals surface area (Å²) in [6.07, 6.45) is 1.71. The molecule has 1 saturated heterocycles. The summed E-state index contributed by atoms with van der Waals surface area (Å²) in [5.74, 6) is 0.995. The molecule has 0 atom stereocenters. The van der Waals surface area contributed by atoms with Gasteiger partial charge in [0.15, 0.2) is 0 Å². The van der Waals surface area contributed by atoms with Gasteiger partial charge in [0.05, 0.1) is 0 Å². The van der Waals surface area contributed by atoms with E-state index in [0.29, 0.717) is 13.2 Å². The van der Waals surface area contributed by atoms with Crippen molar-refractivity contribution in [2.45, 2.75) is 38.6 Å². The van der Waals surface area contributed by atoms with Gasteiger partial charge in [-0.1, -0.05) is 13.8 Å². The Hall–Kier alpha value is -1.43. The van der Waals surface area contributed by atoms with Gasteiger partial charge in [-0.25, -0.2) is 4.98 Å². The maximum Gasteiger partial charge on any atom is 0.291 e. The van der Waals surface area contributed by atoms with Crippen LogP contribution < -0.4 is 5.32 Å². The lowest BCUT2D eigenvalue weighted by molar-refractivity contribution is 0.0692. The summed E-state index contributed by atoms with van der Waals surface area (Å²) < 4.78 is 5.23. The molecule has 94 valence electrons. The number of nitrogens with one attached hydrogen (secondary N) is 2. The van der Waals surface area contributed by atoms with E-state index in [4.69, 9.17) is 4.74 Å².